The third kappa shape index (κ3) is 2.71. The minimum absolute atomic E-state index is 0.00779. The second-order valence-electron chi connectivity index (χ2n) is 5.78. The van der Waals surface area contributed by atoms with Gasteiger partial charge in [0.1, 0.15) is 5.82 Å². The summed E-state index contributed by atoms with van der Waals surface area (Å²) >= 11 is 0. The number of aliphatic hydroxyl groups is 1. The maximum absolute atomic E-state index is 13.6. The molecular weight excluding hydrogens is 328 g/mol. The lowest BCUT2D eigenvalue weighted by Gasteiger charge is -2.37. The monoisotopic (exact) mass is 342 g/mol. The number of aliphatic imine (C=N–C) groups is 1. The van der Waals surface area contributed by atoms with Gasteiger partial charge in [0.05, 0.1) is 12.1 Å². The van der Waals surface area contributed by atoms with Gasteiger partial charge in [0.15, 0.2) is 5.60 Å². The van der Waals surface area contributed by atoms with E-state index in [-0.39, 0.29) is 29.9 Å². The van der Waals surface area contributed by atoms with Gasteiger partial charge in [-0.15, -0.1) is 0 Å². The number of amides is 1. The Morgan fingerprint density at radius 2 is 2.04 bits per heavy atom. The molecule has 2 aliphatic heterocycles. The number of rotatable bonds is 1. The smallest absolute Gasteiger partial charge is 0.376 e. The van der Waals surface area contributed by atoms with E-state index in [1.165, 1.54) is 12.1 Å². The Balaban J connectivity index is 2.24. The molecule has 0 fully saturated rings. The number of hydrogen-bond donors (Lipinski definition) is 2. The average molecular weight is 342 g/mol. The Kier molecular flexibility index (Phi) is 3.95. The highest BCUT2D eigenvalue weighted by molar-refractivity contribution is 6.15. The normalized spacial score (nSPS) is 24.9. The Morgan fingerprint density at radius 3 is 2.71 bits per heavy atom. The van der Waals surface area contributed by atoms with Gasteiger partial charge in [0.2, 0.25) is 5.91 Å². The van der Waals surface area contributed by atoms with Crippen LogP contribution in [0.15, 0.2) is 40.5 Å². The zero-order chi connectivity index (χ0) is 17.5. The zero-order valence-electron chi connectivity index (χ0n) is 12.5. The number of nitrogens with zero attached hydrogens (tertiary/aromatic N) is 1. The largest absolute Gasteiger partial charge is 0.422 e. The molecule has 8 heteroatoms. The fraction of sp³-hybridized carbons (Fsp3) is 0.375. The molecule has 0 saturated carbocycles. The standard InChI is InChI=1S/C16H14F4N2O2/c17-10-4-1-3-9(7-10)14-13-11(5-2-6-21-14)22-12(23)8-15(13,24)16(18,19)20/h1,3-4,7,24H,2,5-6,8H2,(H,22,23). The number of carbonyl (C=O) groups is 1. The van der Waals surface area contributed by atoms with Gasteiger partial charge in [-0.1, -0.05) is 12.1 Å². The summed E-state index contributed by atoms with van der Waals surface area (Å²) in [5.74, 6) is -1.54. The quantitative estimate of drug-likeness (QED) is 0.770. The summed E-state index contributed by atoms with van der Waals surface area (Å²) < 4.78 is 54.2. The number of halogens is 4. The van der Waals surface area contributed by atoms with Crippen LogP contribution in [0.25, 0.3) is 0 Å². The summed E-state index contributed by atoms with van der Waals surface area (Å²) in [5, 5.41) is 12.8. The Hall–Kier alpha value is -2.22. The molecule has 1 unspecified atom stereocenters. The molecule has 4 nitrogen and oxygen atoms in total. The van der Waals surface area contributed by atoms with Gasteiger partial charge in [-0.05, 0) is 25.0 Å². The van der Waals surface area contributed by atoms with Crippen LogP contribution >= 0.6 is 0 Å². The molecule has 0 bridgehead atoms. The molecule has 3 rings (SSSR count). The number of benzene rings is 1. The summed E-state index contributed by atoms with van der Waals surface area (Å²) in [6, 6.07) is 4.99. The Labute approximate surface area is 134 Å². The lowest BCUT2D eigenvalue weighted by atomic mass is 9.79. The predicted molar refractivity (Wildman–Crippen MR) is 77.8 cm³/mol. The van der Waals surface area contributed by atoms with E-state index in [0.717, 1.165) is 12.1 Å². The van der Waals surface area contributed by atoms with Crippen molar-refractivity contribution in [2.75, 3.05) is 6.54 Å². The van der Waals surface area contributed by atoms with Gasteiger partial charge in [0, 0.05) is 23.4 Å². The number of allylic oxidation sites excluding steroid dienone is 1. The molecule has 24 heavy (non-hydrogen) atoms. The van der Waals surface area contributed by atoms with Crippen molar-refractivity contribution >= 4 is 11.6 Å². The van der Waals surface area contributed by atoms with Gasteiger partial charge in [-0.2, -0.15) is 13.2 Å². The molecule has 2 N–H and O–H groups in total. The van der Waals surface area contributed by atoms with Crippen LogP contribution in [0.3, 0.4) is 0 Å². The van der Waals surface area contributed by atoms with E-state index in [9.17, 15) is 27.5 Å². The molecule has 0 saturated heterocycles. The van der Waals surface area contributed by atoms with Crippen LogP contribution in [-0.4, -0.2) is 35.0 Å². The van der Waals surface area contributed by atoms with Crippen LogP contribution in [0, 0.1) is 5.82 Å². The summed E-state index contributed by atoms with van der Waals surface area (Å²) in [4.78, 5) is 15.8. The first kappa shape index (κ1) is 16.6. The SMILES string of the molecule is O=C1CC(O)(C(F)(F)F)C2=C(CCCN=C2c2cccc(F)c2)N1. The van der Waals surface area contributed by atoms with E-state index in [1.54, 1.807) is 0 Å². The third-order valence-corrected chi connectivity index (χ3v) is 4.08. The van der Waals surface area contributed by atoms with Gasteiger partial charge in [0.25, 0.3) is 0 Å². The van der Waals surface area contributed by atoms with Crippen molar-refractivity contribution in [3.63, 3.8) is 0 Å². The van der Waals surface area contributed by atoms with Crippen molar-refractivity contribution in [2.45, 2.75) is 31.0 Å². The third-order valence-electron chi connectivity index (χ3n) is 4.08. The summed E-state index contributed by atoms with van der Waals surface area (Å²) in [5.41, 5.74) is -3.85. The highest BCUT2D eigenvalue weighted by Gasteiger charge is 2.61. The number of hydrogen-bond acceptors (Lipinski definition) is 3. The zero-order valence-corrected chi connectivity index (χ0v) is 12.5. The molecule has 0 spiro atoms. The lowest BCUT2D eigenvalue weighted by Crippen LogP contribution is -2.56. The second kappa shape index (κ2) is 5.70. The van der Waals surface area contributed by atoms with Crippen molar-refractivity contribution in [1.82, 2.24) is 5.32 Å². The van der Waals surface area contributed by atoms with E-state index in [2.05, 4.69) is 10.3 Å². The van der Waals surface area contributed by atoms with Crippen molar-refractivity contribution in [3.8, 4) is 0 Å². The van der Waals surface area contributed by atoms with Gasteiger partial charge in [-0.3, -0.25) is 9.79 Å². The number of nitrogens with one attached hydrogen (secondary N) is 1. The summed E-state index contributed by atoms with van der Waals surface area (Å²) in [7, 11) is 0. The molecule has 0 aromatic heterocycles. The molecular formula is C16H14F4N2O2. The van der Waals surface area contributed by atoms with Crippen molar-refractivity contribution in [1.29, 1.82) is 0 Å². The lowest BCUT2D eigenvalue weighted by molar-refractivity contribution is -0.244. The molecule has 1 aromatic carbocycles. The van der Waals surface area contributed by atoms with Crippen LogP contribution in [0.4, 0.5) is 17.6 Å². The van der Waals surface area contributed by atoms with Crippen molar-refractivity contribution < 1.29 is 27.5 Å². The highest BCUT2D eigenvalue weighted by Crippen LogP contribution is 2.44. The highest BCUT2D eigenvalue weighted by atomic mass is 19.4. The summed E-state index contributed by atoms with van der Waals surface area (Å²) in [6.07, 6.45) is -5.67. The Morgan fingerprint density at radius 1 is 1.29 bits per heavy atom. The topological polar surface area (TPSA) is 61.7 Å². The van der Waals surface area contributed by atoms with E-state index < -0.39 is 35.5 Å². The maximum atomic E-state index is 13.6. The molecule has 1 aromatic rings. The van der Waals surface area contributed by atoms with Gasteiger partial charge >= 0.3 is 6.18 Å². The first-order valence-electron chi connectivity index (χ1n) is 7.36. The van der Waals surface area contributed by atoms with E-state index in [4.69, 9.17) is 0 Å². The van der Waals surface area contributed by atoms with E-state index in [0.29, 0.717) is 6.42 Å². The van der Waals surface area contributed by atoms with Crippen LogP contribution in [0.1, 0.15) is 24.8 Å². The van der Waals surface area contributed by atoms with Crippen LogP contribution < -0.4 is 5.32 Å². The van der Waals surface area contributed by atoms with Crippen molar-refractivity contribution in [3.05, 3.63) is 46.9 Å². The minimum atomic E-state index is -5.07. The molecule has 0 radical (unpaired) electrons. The first-order chi connectivity index (χ1) is 11.2. The van der Waals surface area contributed by atoms with Crippen LogP contribution in [0.2, 0.25) is 0 Å². The predicted octanol–water partition coefficient (Wildman–Crippen LogP) is 2.48. The van der Waals surface area contributed by atoms with Crippen molar-refractivity contribution in [2.24, 2.45) is 4.99 Å². The van der Waals surface area contributed by atoms with E-state index in [1.807, 2.05) is 0 Å². The van der Waals surface area contributed by atoms with Gasteiger partial charge < -0.3 is 10.4 Å². The molecule has 128 valence electrons. The fourth-order valence-corrected chi connectivity index (χ4v) is 3.01. The van der Waals surface area contributed by atoms with Crippen LogP contribution in [0.5, 0.6) is 0 Å². The van der Waals surface area contributed by atoms with E-state index >= 15 is 0 Å². The van der Waals surface area contributed by atoms with Gasteiger partial charge in [-0.25, -0.2) is 4.39 Å². The molecule has 2 heterocycles. The Bertz CT molecular complexity index is 755. The maximum Gasteiger partial charge on any atom is 0.422 e. The first-order valence-corrected chi connectivity index (χ1v) is 7.36. The fourth-order valence-electron chi connectivity index (χ4n) is 3.01. The molecule has 2 aliphatic rings. The molecule has 1 amide bonds. The number of carbonyl (C=O) groups excluding carboxylic acids is 1. The molecule has 1 atom stereocenters. The summed E-state index contributed by atoms with van der Waals surface area (Å²) in [6.45, 7) is 0.211. The van der Waals surface area contributed by atoms with Crippen LogP contribution in [-0.2, 0) is 4.79 Å². The number of alkyl halides is 3. The average Bonchev–Trinajstić information content (AvgIpc) is 2.68. The second-order valence-corrected chi connectivity index (χ2v) is 5.78. The minimum Gasteiger partial charge on any atom is -0.376 e. The molecule has 0 aliphatic carbocycles.